The first kappa shape index (κ1) is 23.4. The van der Waals surface area contributed by atoms with Crippen LogP contribution < -0.4 is 4.90 Å². The van der Waals surface area contributed by atoms with E-state index in [-0.39, 0.29) is 0 Å². The Morgan fingerprint density at radius 3 is 1.96 bits per heavy atom. The van der Waals surface area contributed by atoms with Gasteiger partial charge in [0, 0.05) is 12.7 Å². The van der Waals surface area contributed by atoms with Crippen molar-refractivity contribution in [2.75, 3.05) is 11.9 Å². The Bertz CT molecular complexity index is 478. The van der Waals surface area contributed by atoms with Crippen LogP contribution in [0.25, 0.3) is 0 Å². The van der Waals surface area contributed by atoms with Gasteiger partial charge in [0.1, 0.15) is 5.84 Å². The van der Waals surface area contributed by atoms with Crippen LogP contribution in [0.3, 0.4) is 0 Å². The zero-order chi connectivity index (χ0) is 18.3. The van der Waals surface area contributed by atoms with Crippen molar-refractivity contribution in [1.29, 1.82) is 0 Å². The van der Waals surface area contributed by atoms with Gasteiger partial charge in [-0.25, -0.2) is 4.99 Å². The molecule has 2 nitrogen and oxygen atoms in total. The number of aliphatic imine (C=N–C) groups is 1. The second-order valence-corrected chi connectivity index (χ2v) is 4.75. The summed E-state index contributed by atoms with van der Waals surface area (Å²) in [6.07, 6.45) is 5.26. The molecule has 0 saturated carbocycles. The normalized spacial score (nSPS) is 10.2. The number of hydrogen-bond donors (Lipinski definition) is 0. The van der Waals surface area contributed by atoms with Crippen molar-refractivity contribution in [3.63, 3.8) is 0 Å². The highest BCUT2D eigenvalue weighted by Crippen LogP contribution is 2.14. The first-order valence-electron chi connectivity index (χ1n) is 8.74. The van der Waals surface area contributed by atoms with Crippen LogP contribution in [0.1, 0.15) is 61.8 Å². The monoisotopic (exact) mass is 316 g/mol. The van der Waals surface area contributed by atoms with Crippen LogP contribution in [0, 0.1) is 0 Å². The maximum Gasteiger partial charge on any atom is 0.106 e. The minimum atomic E-state index is 0.989. The van der Waals surface area contributed by atoms with E-state index in [1.54, 1.807) is 0 Å². The van der Waals surface area contributed by atoms with E-state index in [1.165, 1.54) is 5.57 Å². The molecule has 0 aliphatic heterocycles. The average Bonchev–Trinajstić information content (AvgIpc) is 2.61. The molecule has 0 spiro atoms. The molecule has 0 fully saturated rings. The molecular formula is C21H36N2. The van der Waals surface area contributed by atoms with E-state index in [0.29, 0.717) is 0 Å². The van der Waals surface area contributed by atoms with E-state index in [2.05, 4.69) is 50.0 Å². The number of allylic oxidation sites excluding steroid dienone is 3. The smallest absolute Gasteiger partial charge is 0.106 e. The van der Waals surface area contributed by atoms with Crippen LogP contribution in [-0.4, -0.2) is 12.9 Å². The molecule has 0 N–H and O–H groups in total. The molecule has 1 aromatic carbocycles. The summed E-state index contributed by atoms with van der Waals surface area (Å²) in [5, 5.41) is 0. The van der Waals surface area contributed by atoms with Gasteiger partial charge >= 0.3 is 0 Å². The van der Waals surface area contributed by atoms with Gasteiger partial charge in [-0.15, -0.1) is 0 Å². The maximum atomic E-state index is 4.73. The molecule has 2 heteroatoms. The third kappa shape index (κ3) is 9.72. The Morgan fingerprint density at radius 2 is 1.52 bits per heavy atom. The highest BCUT2D eigenvalue weighted by Gasteiger charge is 2.04. The van der Waals surface area contributed by atoms with Gasteiger partial charge in [0.2, 0.25) is 0 Å². The van der Waals surface area contributed by atoms with E-state index >= 15 is 0 Å². The van der Waals surface area contributed by atoms with Crippen molar-refractivity contribution >= 4 is 11.5 Å². The van der Waals surface area contributed by atoms with Gasteiger partial charge in [-0.1, -0.05) is 64.5 Å². The third-order valence-corrected chi connectivity index (χ3v) is 2.93. The molecule has 0 aliphatic carbocycles. The maximum absolute atomic E-state index is 4.73. The fourth-order valence-corrected chi connectivity index (χ4v) is 1.63. The molecule has 0 aliphatic rings. The highest BCUT2D eigenvalue weighted by molar-refractivity contribution is 5.96. The largest absolute Gasteiger partial charge is 0.333 e. The van der Waals surface area contributed by atoms with Crippen LogP contribution in [-0.2, 0) is 0 Å². The summed E-state index contributed by atoms with van der Waals surface area (Å²) in [5.74, 6) is 0.989. The topological polar surface area (TPSA) is 15.6 Å². The molecule has 0 heterocycles. The molecule has 0 saturated heterocycles. The van der Waals surface area contributed by atoms with Crippen molar-refractivity contribution in [3.05, 3.63) is 53.8 Å². The summed E-state index contributed by atoms with van der Waals surface area (Å²) in [6, 6.07) is 10.3. The summed E-state index contributed by atoms with van der Waals surface area (Å²) in [7, 11) is 2.04. The number of benzene rings is 1. The summed E-state index contributed by atoms with van der Waals surface area (Å²) < 4.78 is 0. The summed E-state index contributed by atoms with van der Waals surface area (Å²) in [5.41, 5.74) is 3.42. The molecule has 1 aromatic rings. The summed E-state index contributed by atoms with van der Waals surface area (Å²) >= 11 is 0. The first-order chi connectivity index (χ1) is 11.1. The second-order valence-electron chi connectivity index (χ2n) is 4.75. The Kier molecular flexibility index (Phi) is 15.4. The van der Waals surface area contributed by atoms with Gasteiger partial charge < -0.3 is 4.90 Å². The van der Waals surface area contributed by atoms with E-state index in [0.717, 1.165) is 23.6 Å². The Hall–Kier alpha value is -1.83. The van der Waals surface area contributed by atoms with Crippen LogP contribution >= 0.6 is 0 Å². The lowest BCUT2D eigenvalue weighted by molar-refractivity contribution is 1.17. The molecule has 0 bridgehead atoms. The molecule has 23 heavy (non-hydrogen) atoms. The molecule has 0 atom stereocenters. The van der Waals surface area contributed by atoms with Gasteiger partial charge in [-0.05, 0) is 45.4 Å². The van der Waals surface area contributed by atoms with E-state index < -0.39 is 0 Å². The Morgan fingerprint density at radius 1 is 1.00 bits per heavy atom. The zero-order valence-electron chi connectivity index (χ0n) is 16.6. The molecule has 130 valence electrons. The fraction of sp³-hybridized carbons (Fsp3) is 0.476. The summed E-state index contributed by atoms with van der Waals surface area (Å²) in [6.45, 7) is 16.4. The molecule has 0 radical (unpaired) electrons. The Labute approximate surface area is 144 Å². The van der Waals surface area contributed by atoms with Crippen LogP contribution in [0.4, 0.5) is 5.69 Å². The Balaban J connectivity index is 0. The molecular weight excluding hydrogens is 280 g/mol. The van der Waals surface area contributed by atoms with Gasteiger partial charge in [-0.3, -0.25) is 0 Å². The SMILES string of the molecule is CC.CC.CC/C=C\C(N=C(C)N(C)c1ccccc1)=C(C)C. The van der Waals surface area contributed by atoms with Crippen molar-refractivity contribution in [3.8, 4) is 0 Å². The number of hydrogen-bond acceptors (Lipinski definition) is 1. The third-order valence-electron chi connectivity index (χ3n) is 2.93. The average molecular weight is 317 g/mol. The van der Waals surface area contributed by atoms with E-state index in [9.17, 15) is 0 Å². The van der Waals surface area contributed by atoms with Crippen molar-refractivity contribution in [2.45, 2.75) is 61.8 Å². The molecule has 0 aromatic heterocycles. The standard InChI is InChI=1S/C17H24N2.2C2H6/c1-6-7-13-17(14(2)3)18-15(4)19(5)16-11-9-8-10-12-16;2*1-2/h7-13H,6H2,1-5H3;2*1-2H3/b13-7-,18-15?;;. The number of para-hydroxylation sites is 1. The highest BCUT2D eigenvalue weighted by atomic mass is 15.2. The second kappa shape index (κ2) is 15.1. The minimum absolute atomic E-state index is 0.989. The van der Waals surface area contributed by atoms with Crippen molar-refractivity contribution in [2.24, 2.45) is 4.99 Å². The number of rotatable bonds is 4. The predicted molar refractivity (Wildman–Crippen MR) is 108 cm³/mol. The number of amidine groups is 1. The lowest BCUT2D eigenvalue weighted by Gasteiger charge is -2.19. The molecule has 1 rings (SSSR count). The van der Waals surface area contributed by atoms with Gasteiger partial charge in [0.15, 0.2) is 0 Å². The minimum Gasteiger partial charge on any atom is -0.333 e. The fourth-order valence-electron chi connectivity index (χ4n) is 1.63. The number of nitrogens with zero attached hydrogens (tertiary/aromatic N) is 2. The quantitative estimate of drug-likeness (QED) is 0.337. The first-order valence-corrected chi connectivity index (χ1v) is 8.74. The van der Waals surface area contributed by atoms with E-state index in [4.69, 9.17) is 4.99 Å². The van der Waals surface area contributed by atoms with Gasteiger partial charge in [0.05, 0.1) is 5.70 Å². The van der Waals surface area contributed by atoms with Crippen LogP contribution in [0.5, 0.6) is 0 Å². The van der Waals surface area contributed by atoms with Crippen molar-refractivity contribution in [1.82, 2.24) is 0 Å². The van der Waals surface area contributed by atoms with Gasteiger partial charge in [0.25, 0.3) is 0 Å². The van der Waals surface area contributed by atoms with Gasteiger partial charge in [-0.2, -0.15) is 0 Å². The summed E-state index contributed by atoms with van der Waals surface area (Å²) in [4.78, 5) is 6.83. The van der Waals surface area contributed by atoms with Crippen LogP contribution in [0.15, 0.2) is 58.7 Å². The van der Waals surface area contributed by atoms with Crippen molar-refractivity contribution < 1.29 is 0 Å². The molecule has 0 unspecified atom stereocenters. The number of anilines is 1. The van der Waals surface area contributed by atoms with Crippen LogP contribution in [0.2, 0.25) is 0 Å². The lowest BCUT2D eigenvalue weighted by atomic mass is 10.2. The van der Waals surface area contributed by atoms with E-state index in [1.807, 2.05) is 59.9 Å². The predicted octanol–water partition coefficient (Wildman–Crippen LogP) is 6.85. The molecule has 0 amide bonds. The zero-order valence-corrected chi connectivity index (χ0v) is 16.6. The lowest BCUT2D eigenvalue weighted by Crippen LogP contribution is -2.23.